The zero-order valence-corrected chi connectivity index (χ0v) is 10.6. The number of rotatable bonds is 4. The van der Waals surface area contributed by atoms with Crippen molar-refractivity contribution in [1.82, 2.24) is 10.3 Å². The number of aromatic amines is 1. The van der Waals surface area contributed by atoms with Crippen LogP contribution in [0.5, 0.6) is 0 Å². The average Bonchev–Trinajstić information content (AvgIpc) is 2.76. The normalized spacial score (nSPS) is 17.6. The summed E-state index contributed by atoms with van der Waals surface area (Å²) in [7, 11) is 1.92. The number of fused-ring (bicyclic) bond motifs is 1. The fourth-order valence-electron chi connectivity index (χ4n) is 2.97. The molecule has 0 radical (unpaired) electrons. The minimum atomic E-state index is -0.167. The summed E-state index contributed by atoms with van der Waals surface area (Å²) in [5.74, 6) is 0.292. The van der Waals surface area contributed by atoms with Crippen molar-refractivity contribution in [2.75, 3.05) is 13.6 Å². The van der Waals surface area contributed by atoms with Crippen LogP contribution < -0.4 is 5.32 Å². The van der Waals surface area contributed by atoms with Crippen molar-refractivity contribution in [3.8, 4) is 0 Å². The summed E-state index contributed by atoms with van der Waals surface area (Å²) in [5, 5.41) is 4.22. The van der Waals surface area contributed by atoms with Gasteiger partial charge < -0.3 is 10.3 Å². The number of carbonyl (C=O) groups excluding carboxylic acids is 1. The van der Waals surface area contributed by atoms with Crippen molar-refractivity contribution in [3.05, 3.63) is 36.0 Å². The number of ketones is 1. The van der Waals surface area contributed by atoms with Gasteiger partial charge in [-0.25, -0.2) is 0 Å². The highest BCUT2D eigenvalue weighted by Crippen LogP contribution is 2.43. The number of benzene rings is 1. The Bertz CT molecular complexity index is 581. The Morgan fingerprint density at radius 3 is 2.83 bits per heavy atom. The standard InChI is InChI=1S/C15H18N2O/c1-16-10-15(7-4-8-15)14(18)12-9-17-13-6-3-2-5-11(12)13/h2-3,5-6,9,16-17H,4,7-8,10H2,1H3. The minimum Gasteiger partial charge on any atom is -0.360 e. The molecule has 0 aliphatic heterocycles. The number of para-hydroxylation sites is 1. The van der Waals surface area contributed by atoms with Gasteiger partial charge in [0.1, 0.15) is 0 Å². The molecule has 1 aromatic carbocycles. The van der Waals surface area contributed by atoms with Crippen LogP contribution in [0.3, 0.4) is 0 Å². The van der Waals surface area contributed by atoms with Crippen LogP contribution in [0.15, 0.2) is 30.5 Å². The maximum absolute atomic E-state index is 12.8. The summed E-state index contributed by atoms with van der Waals surface area (Å²) in [5.41, 5.74) is 1.72. The van der Waals surface area contributed by atoms with E-state index in [4.69, 9.17) is 0 Å². The second kappa shape index (κ2) is 4.25. The van der Waals surface area contributed by atoms with Crippen molar-refractivity contribution in [3.63, 3.8) is 0 Å². The van der Waals surface area contributed by atoms with E-state index in [1.807, 2.05) is 37.5 Å². The number of carbonyl (C=O) groups is 1. The van der Waals surface area contributed by atoms with Crippen LogP contribution in [-0.4, -0.2) is 24.4 Å². The maximum Gasteiger partial charge on any atom is 0.172 e. The van der Waals surface area contributed by atoms with Crippen molar-refractivity contribution in [1.29, 1.82) is 0 Å². The monoisotopic (exact) mass is 242 g/mol. The summed E-state index contributed by atoms with van der Waals surface area (Å²) < 4.78 is 0. The summed E-state index contributed by atoms with van der Waals surface area (Å²) in [6, 6.07) is 8.00. The summed E-state index contributed by atoms with van der Waals surface area (Å²) >= 11 is 0. The first-order chi connectivity index (χ1) is 8.77. The lowest BCUT2D eigenvalue weighted by molar-refractivity contribution is 0.0616. The molecule has 1 heterocycles. The molecule has 0 amide bonds. The molecule has 3 heteroatoms. The first-order valence-corrected chi connectivity index (χ1v) is 6.52. The third-order valence-electron chi connectivity index (χ3n) is 4.14. The Balaban J connectivity index is 2.01. The van der Waals surface area contributed by atoms with Crippen LogP contribution in [-0.2, 0) is 0 Å². The highest BCUT2D eigenvalue weighted by atomic mass is 16.1. The molecule has 2 N–H and O–H groups in total. The molecule has 0 unspecified atom stereocenters. The van der Waals surface area contributed by atoms with E-state index >= 15 is 0 Å². The SMILES string of the molecule is CNCC1(C(=O)c2c[nH]c3ccccc23)CCC1. The highest BCUT2D eigenvalue weighted by Gasteiger charge is 2.44. The predicted octanol–water partition coefficient (Wildman–Crippen LogP) is 2.74. The Hall–Kier alpha value is -1.61. The Morgan fingerprint density at radius 1 is 1.39 bits per heavy atom. The fourth-order valence-corrected chi connectivity index (χ4v) is 2.97. The van der Waals surface area contributed by atoms with Crippen LogP contribution in [0.2, 0.25) is 0 Å². The molecular formula is C15H18N2O. The van der Waals surface area contributed by atoms with Crippen LogP contribution in [0, 0.1) is 5.41 Å². The van der Waals surface area contributed by atoms with Gasteiger partial charge in [0, 0.05) is 34.6 Å². The van der Waals surface area contributed by atoms with Crippen LogP contribution in [0.4, 0.5) is 0 Å². The van der Waals surface area contributed by atoms with E-state index in [0.717, 1.165) is 42.3 Å². The van der Waals surface area contributed by atoms with E-state index in [0.29, 0.717) is 5.78 Å². The number of hydrogen-bond acceptors (Lipinski definition) is 2. The fraction of sp³-hybridized carbons (Fsp3) is 0.400. The Labute approximate surface area is 107 Å². The topological polar surface area (TPSA) is 44.9 Å². The number of Topliss-reactive ketones (excluding diaryl/α,β-unsaturated/α-hetero) is 1. The van der Waals surface area contributed by atoms with E-state index in [9.17, 15) is 4.79 Å². The quantitative estimate of drug-likeness (QED) is 0.810. The van der Waals surface area contributed by atoms with E-state index in [1.165, 1.54) is 0 Å². The van der Waals surface area contributed by atoms with E-state index in [-0.39, 0.29) is 5.41 Å². The molecular weight excluding hydrogens is 224 g/mol. The van der Waals surface area contributed by atoms with Gasteiger partial charge in [0.25, 0.3) is 0 Å². The zero-order chi connectivity index (χ0) is 12.6. The van der Waals surface area contributed by atoms with Crippen molar-refractivity contribution in [2.24, 2.45) is 5.41 Å². The molecule has 1 fully saturated rings. The van der Waals surface area contributed by atoms with E-state index in [1.54, 1.807) is 0 Å². The third-order valence-corrected chi connectivity index (χ3v) is 4.14. The van der Waals surface area contributed by atoms with Crippen molar-refractivity contribution < 1.29 is 4.79 Å². The zero-order valence-electron chi connectivity index (χ0n) is 10.6. The van der Waals surface area contributed by atoms with Crippen molar-refractivity contribution in [2.45, 2.75) is 19.3 Å². The molecule has 94 valence electrons. The van der Waals surface area contributed by atoms with Gasteiger partial charge in [-0.1, -0.05) is 24.6 Å². The third kappa shape index (κ3) is 1.58. The molecule has 1 saturated carbocycles. The number of aromatic nitrogens is 1. The lowest BCUT2D eigenvalue weighted by Gasteiger charge is -2.40. The molecule has 0 atom stereocenters. The molecule has 1 aromatic heterocycles. The average molecular weight is 242 g/mol. The van der Waals surface area contributed by atoms with E-state index in [2.05, 4.69) is 10.3 Å². The number of nitrogens with one attached hydrogen (secondary N) is 2. The number of H-pyrrole nitrogens is 1. The summed E-state index contributed by atoms with van der Waals surface area (Å²) in [4.78, 5) is 15.9. The Morgan fingerprint density at radius 2 is 2.17 bits per heavy atom. The smallest absolute Gasteiger partial charge is 0.172 e. The minimum absolute atomic E-state index is 0.167. The van der Waals surface area contributed by atoms with Gasteiger partial charge in [-0.05, 0) is 26.0 Å². The van der Waals surface area contributed by atoms with Gasteiger partial charge in [-0.2, -0.15) is 0 Å². The first-order valence-electron chi connectivity index (χ1n) is 6.52. The second-order valence-electron chi connectivity index (χ2n) is 5.24. The highest BCUT2D eigenvalue weighted by molar-refractivity contribution is 6.10. The van der Waals surface area contributed by atoms with Gasteiger partial charge in [0.2, 0.25) is 0 Å². The maximum atomic E-state index is 12.8. The van der Waals surface area contributed by atoms with Gasteiger partial charge in [-0.3, -0.25) is 4.79 Å². The molecule has 3 rings (SSSR count). The molecule has 0 bridgehead atoms. The van der Waals surface area contributed by atoms with Gasteiger partial charge in [0.05, 0.1) is 0 Å². The van der Waals surface area contributed by atoms with Gasteiger partial charge in [0.15, 0.2) is 5.78 Å². The van der Waals surface area contributed by atoms with E-state index < -0.39 is 0 Å². The molecule has 3 nitrogen and oxygen atoms in total. The van der Waals surface area contributed by atoms with Crippen LogP contribution >= 0.6 is 0 Å². The molecule has 0 spiro atoms. The van der Waals surface area contributed by atoms with Gasteiger partial charge >= 0.3 is 0 Å². The second-order valence-corrected chi connectivity index (χ2v) is 5.24. The van der Waals surface area contributed by atoms with Gasteiger partial charge in [-0.15, -0.1) is 0 Å². The molecule has 2 aromatic rings. The lowest BCUT2D eigenvalue weighted by atomic mass is 9.64. The van der Waals surface area contributed by atoms with Crippen LogP contribution in [0.25, 0.3) is 10.9 Å². The Kier molecular flexibility index (Phi) is 2.71. The number of hydrogen-bond donors (Lipinski definition) is 2. The van der Waals surface area contributed by atoms with Crippen LogP contribution in [0.1, 0.15) is 29.6 Å². The largest absolute Gasteiger partial charge is 0.360 e. The summed E-state index contributed by atoms with van der Waals surface area (Å²) in [6.45, 7) is 0.783. The van der Waals surface area contributed by atoms with Crippen molar-refractivity contribution >= 4 is 16.7 Å². The summed E-state index contributed by atoms with van der Waals surface area (Å²) in [6.07, 6.45) is 5.04. The molecule has 1 aliphatic rings. The lowest BCUT2D eigenvalue weighted by Crippen LogP contribution is -2.45. The first kappa shape index (κ1) is 11.5. The molecule has 18 heavy (non-hydrogen) atoms. The molecule has 0 saturated heterocycles. The predicted molar refractivity (Wildman–Crippen MR) is 72.8 cm³/mol. The molecule has 1 aliphatic carbocycles.